The Hall–Kier alpha value is -1.62. The van der Waals surface area contributed by atoms with Crippen LogP contribution < -0.4 is 5.32 Å². The van der Waals surface area contributed by atoms with Gasteiger partial charge in [-0.05, 0) is 51.0 Å². The molecule has 2 aliphatic rings. The number of hydrogen-bond acceptors (Lipinski definition) is 2. The molecule has 2 amide bonds. The maximum absolute atomic E-state index is 14.0. The van der Waals surface area contributed by atoms with Gasteiger partial charge < -0.3 is 15.0 Å². The van der Waals surface area contributed by atoms with Gasteiger partial charge in [-0.3, -0.25) is 0 Å². The average molecular weight is 334 g/mol. The van der Waals surface area contributed by atoms with Gasteiger partial charge in [-0.1, -0.05) is 18.2 Å². The van der Waals surface area contributed by atoms with Crippen LogP contribution in [-0.4, -0.2) is 36.2 Å². The number of ether oxygens (including phenoxy) is 1. The van der Waals surface area contributed by atoms with Crippen molar-refractivity contribution in [1.29, 1.82) is 0 Å². The third kappa shape index (κ3) is 4.07. The molecule has 1 aliphatic carbocycles. The fourth-order valence-corrected chi connectivity index (χ4v) is 3.49. The lowest BCUT2D eigenvalue weighted by Crippen LogP contribution is -2.52. The molecule has 2 fully saturated rings. The summed E-state index contributed by atoms with van der Waals surface area (Å²) in [7, 11) is 0. The Labute approximate surface area is 143 Å². The molecule has 1 heterocycles. The molecule has 1 aliphatic heterocycles. The number of nitrogens with zero attached hydrogens (tertiary/aromatic N) is 1. The molecule has 0 radical (unpaired) electrons. The van der Waals surface area contributed by atoms with Crippen molar-refractivity contribution >= 4 is 6.03 Å². The molecular weight excluding hydrogens is 307 g/mol. The van der Waals surface area contributed by atoms with E-state index in [1.165, 1.54) is 6.07 Å². The van der Waals surface area contributed by atoms with Crippen molar-refractivity contribution in [3.05, 3.63) is 35.6 Å². The third-order valence-electron chi connectivity index (χ3n) is 5.40. The van der Waals surface area contributed by atoms with Gasteiger partial charge in [0.1, 0.15) is 5.82 Å². The summed E-state index contributed by atoms with van der Waals surface area (Å²) in [4.78, 5) is 14.6. The standard InChI is InChI=1S/C19H27FN2O2/c1-14(15-9-11-24-12-10-15)21-19(23)22(17-6-4-7-17)13-16-5-2-3-8-18(16)20/h2-3,5,8,14-15,17H,4,6-7,9-13H2,1H3,(H,21,23). The molecule has 1 saturated heterocycles. The number of urea groups is 1. The summed E-state index contributed by atoms with van der Waals surface area (Å²) < 4.78 is 19.4. The highest BCUT2D eigenvalue weighted by molar-refractivity contribution is 5.75. The first-order valence-electron chi connectivity index (χ1n) is 9.03. The van der Waals surface area contributed by atoms with E-state index in [2.05, 4.69) is 12.2 Å². The first-order valence-corrected chi connectivity index (χ1v) is 9.03. The molecule has 0 spiro atoms. The number of nitrogens with one attached hydrogen (secondary N) is 1. The lowest BCUT2D eigenvalue weighted by atomic mass is 9.91. The zero-order chi connectivity index (χ0) is 16.9. The van der Waals surface area contributed by atoms with Crippen molar-refractivity contribution in [3.8, 4) is 0 Å². The SMILES string of the molecule is CC(NC(=O)N(Cc1ccccc1F)C1CCC1)C1CCOCC1. The predicted octanol–water partition coefficient (Wildman–Crippen LogP) is 3.70. The van der Waals surface area contributed by atoms with E-state index in [1.54, 1.807) is 12.1 Å². The number of benzene rings is 1. The van der Waals surface area contributed by atoms with Crippen molar-refractivity contribution in [1.82, 2.24) is 10.2 Å². The molecule has 1 saturated carbocycles. The van der Waals surface area contributed by atoms with Gasteiger partial charge in [0.05, 0.1) is 6.54 Å². The van der Waals surface area contributed by atoms with Gasteiger partial charge in [-0.2, -0.15) is 0 Å². The Morgan fingerprint density at radius 2 is 2.00 bits per heavy atom. The second kappa shape index (κ2) is 7.97. The van der Waals surface area contributed by atoms with Gasteiger partial charge in [-0.15, -0.1) is 0 Å². The smallest absolute Gasteiger partial charge is 0.318 e. The summed E-state index contributed by atoms with van der Waals surface area (Å²) in [5, 5.41) is 3.15. The molecule has 1 aromatic rings. The van der Waals surface area contributed by atoms with E-state index in [9.17, 15) is 9.18 Å². The predicted molar refractivity (Wildman–Crippen MR) is 91.1 cm³/mol. The monoisotopic (exact) mass is 334 g/mol. The number of hydrogen-bond donors (Lipinski definition) is 1. The average Bonchev–Trinajstić information content (AvgIpc) is 2.55. The number of carbonyl (C=O) groups is 1. The molecule has 132 valence electrons. The van der Waals surface area contributed by atoms with E-state index in [-0.39, 0.29) is 23.9 Å². The zero-order valence-corrected chi connectivity index (χ0v) is 14.3. The zero-order valence-electron chi connectivity index (χ0n) is 14.3. The van der Waals surface area contributed by atoms with Crippen LogP contribution in [0.3, 0.4) is 0 Å². The number of rotatable bonds is 5. The molecule has 24 heavy (non-hydrogen) atoms. The van der Waals surface area contributed by atoms with Crippen molar-refractivity contribution in [2.24, 2.45) is 5.92 Å². The van der Waals surface area contributed by atoms with Crippen LogP contribution in [0.1, 0.15) is 44.6 Å². The van der Waals surface area contributed by atoms with Crippen molar-refractivity contribution < 1.29 is 13.9 Å². The first-order chi connectivity index (χ1) is 11.6. The molecule has 1 aromatic carbocycles. The van der Waals surface area contributed by atoms with Gasteiger partial charge in [0.15, 0.2) is 0 Å². The lowest BCUT2D eigenvalue weighted by Gasteiger charge is -2.39. The van der Waals surface area contributed by atoms with Crippen molar-refractivity contribution in [2.45, 2.75) is 57.7 Å². The van der Waals surface area contributed by atoms with Crippen LogP contribution in [0.15, 0.2) is 24.3 Å². The molecule has 3 rings (SSSR count). The number of carbonyl (C=O) groups excluding carboxylic acids is 1. The molecule has 5 heteroatoms. The van der Waals surface area contributed by atoms with Crippen LogP contribution in [0.4, 0.5) is 9.18 Å². The van der Waals surface area contributed by atoms with Crippen LogP contribution in [0.5, 0.6) is 0 Å². The summed E-state index contributed by atoms with van der Waals surface area (Å²) in [6.45, 7) is 3.94. The molecular formula is C19H27FN2O2. The van der Waals surface area contributed by atoms with Crippen LogP contribution in [-0.2, 0) is 11.3 Å². The van der Waals surface area contributed by atoms with Crippen LogP contribution in [0.25, 0.3) is 0 Å². The van der Waals surface area contributed by atoms with E-state index in [1.807, 2.05) is 11.0 Å². The first kappa shape index (κ1) is 17.2. The summed E-state index contributed by atoms with van der Waals surface area (Å²) in [6, 6.07) is 6.99. The largest absolute Gasteiger partial charge is 0.381 e. The maximum atomic E-state index is 14.0. The molecule has 4 nitrogen and oxygen atoms in total. The minimum atomic E-state index is -0.243. The quantitative estimate of drug-likeness (QED) is 0.892. The number of amides is 2. The van der Waals surface area contributed by atoms with Crippen LogP contribution >= 0.6 is 0 Å². The molecule has 1 atom stereocenters. The summed E-state index contributed by atoms with van der Waals surface area (Å²) in [5.41, 5.74) is 0.582. The maximum Gasteiger partial charge on any atom is 0.318 e. The molecule has 0 aromatic heterocycles. The highest BCUT2D eigenvalue weighted by atomic mass is 19.1. The summed E-state index contributed by atoms with van der Waals surface area (Å²) in [5.74, 6) is 0.214. The Balaban J connectivity index is 1.64. The Kier molecular flexibility index (Phi) is 5.72. The van der Waals surface area contributed by atoms with E-state index in [4.69, 9.17) is 4.74 Å². The van der Waals surface area contributed by atoms with Gasteiger partial charge in [-0.25, -0.2) is 9.18 Å². The van der Waals surface area contributed by atoms with E-state index in [0.29, 0.717) is 18.0 Å². The second-order valence-electron chi connectivity index (χ2n) is 6.99. The van der Waals surface area contributed by atoms with Gasteiger partial charge in [0.2, 0.25) is 0 Å². The Morgan fingerprint density at radius 1 is 1.29 bits per heavy atom. The van der Waals surface area contributed by atoms with Crippen molar-refractivity contribution in [3.63, 3.8) is 0 Å². The highest BCUT2D eigenvalue weighted by Gasteiger charge is 2.31. The highest BCUT2D eigenvalue weighted by Crippen LogP contribution is 2.27. The Bertz CT molecular complexity index is 556. The van der Waals surface area contributed by atoms with Crippen molar-refractivity contribution in [2.75, 3.05) is 13.2 Å². The van der Waals surface area contributed by atoms with Crippen LogP contribution in [0.2, 0.25) is 0 Å². The minimum Gasteiger partial charge on any atom is -0.381 e. The fraction of sp³-hybridized carbons (Fsp3) is 0.632. The topological polar surface area (TPSA) is 41.6 Å². The van der Waals surface area contributed by atoms with E-state index >= 15 is 0 Å². The fourth-order valence-electron chi connectivity index (χ4n) is 3.49. The third-order valence-corrected chi connectivity index (χ3v) is 5.40. The van der Waals surface area contributed by atoms with Gasteiger partial charge >= 0.3 is 6.03 Å². The molecule has 1 N–H and O–H groups in total. The minimum absolute atomic E-state index is 0.0676. The summed E-state index contributed by atoms with van der Waals surface area (Å²) in [6.07, 6.45) is 5.12. The normalized spacial score (nSPS) is 20.2. The molecule has 0 bridgehead atoms. The van der Waals surface area contributed by atoms with Gasteiger partial charge in [0.25, 0.3) is 0 Å². The number of halogens is 1. The Morgan fingerprint density at radius 3 is 2.62 bits per heavy atom. The summed E-state index contributed by atoms with van der Waals surface area (Å²) >= 11 is 0. The molecule has 1 unspecified atom stereocenters. The lowest BCUT2D eigenvalue weighted by molar-refractivity contribution is 0.0548. The van der Waals surface area contributed by atoms with E-state index < -0.39 is 0 Å². The second-order valence-corrected chi connectivity index (χ2v) is 6.99. The van der Waals surface area contributed by atoms with E-state index in [0.717, 1.165) is 45.3 Å². The van der Waals surface area contributed by atoms with Crippen LogP contribution in [0, 0.1) is 11.7 Å². The van der Waals surface area contributed by atoms with Gasteiger partial charge in [0, 0.05) is 30.9 Å².